The van der Waals surface area contributed by atoms with Gasteiger partial charge in [0, 0.05) is 42.6 Å². The lowest BCUT2D eigenvalue weighted by molar-refractivity contribution is 0.102. The molecule has 4 heterocycles. The molecule has 182 valence electrons. The van der Waals surface area contributed by atoms with Gasteiger partial charge < -0.3 is 15.0 Å². The van der Waals surface area contributed by atoms with Gasteiger partial charge in [-0.2, -0.15) is 10.2 Å². The fourth-order valence-corrected chi connectivity index (χ4v) is 4.87. The maximum atomic E-state index is 13.0. The summed E-state index contributed by atoms with van der Waals surface area (Å²) in [5, 5.41) is 15.9. The zero-order valence-electron chi connectivity index (χ0n) is 19.2. The molecule has 3 aromatic heterocycles. The van der Waals surface area contributed by atoms with E-state index >= 15 is 0 Å². The predicted molar refractivity (Wildman–Crippen MR) is 135 cm³/mol. The smallest absolute Gasteiger partial charge is 0.276 e. The summed E-state index contributed by atoms with van der Waals surface area (Å²) in [7, 11) is 2.15. The summed E-state index contributed by atoms with van der Waals surface area (Å²) < 4.78 is 7.77. The van der Waals surface area contributed by atoms with E-state index in [2.05, 4.69) is 37.5 Å². The molecule has 1 saturated heterocycles. The van der Waals surface area contributed by atoms with Crippen molar-refractivity contribution in [3.05, 3.63) is 64.3 Å². The van der Waals surface area contributed by atoms with Crippen LogP contribution in [-0.2, 0) is 13.2 Å². The average molecular weight is 514 g/mol. The summed E-state index contributed by atoms with van der Waals surface area (Å²) >= 11 is 12.4. The topological polar surface area (TPSA) is 101 Å². The first-order valence-electron chi connectivity index (χ1n) is 11.4. The summed E-state index contributed by atoms with van der Waals surface area (Å²) in [4.78, 5) is 19.3. The average Bonchev–Trinajstić information content (AvgIpc) is 3.45. The van der Waals surface area contributed by atoms with Crippen molar-refractivity contribution in [3.8, 4) is 5.75 Å². The Labute approximate surface area is 212 Å². The molecule has 0 bridgehead atoms. The van der Waals surface area contributed by atoms with Crippen molar-refractivity contribution in [2.24, 2.45) is 5.92 Å². The van der Waals surface area contributed by atoms with Crippen LogP contribution in [0.1, 0.15) is 28.9 Å². The minimum atomic E-state index is -0.328. The van der Waals surface area contributed by atoms with E-state index < -0.39 is 0 Å². The number of fused-ring (bicyclic) bond motifs is 1. The molecule has 1 aliphatic rings. The molecule has 1 fully saturated rings. The molecule has 0 saturated carbocycles. The Morgan fingerprint density at radius 1 is 1.26 bits per heavy atom. The number of aromatic amines is 1. The van der Waals surface area contributed by atoms with Crippen LogP contribution in [0.4, 0.5) is 5.69 Å². The van der Waals surface area contributed by atoms with Gasteiger partial charge in [0.25, 0.3) is 5.91 Å². The lowest BCUT2D eigenvalue weighted by atomic mass is 9.99. The lowest BCUT2D eigenvalue weighted by Gasteiger charge is -2.29. The predicted octanol–water partition coefficient (Wildman–Crippen LogP) is 4.63. The van der Waals surface area contributed by atoms with Crippen LogP contribution < -0.4 is 10.1 Å². The lowest BCUT2D eigenvalue weighted by Crippen LogP contribution is -2.34. The first-order valence-corrected chi connectivity index (χ1v) is 12.1. The van der Waals surface area contributed by atoms with E-state index in [1.165, 1.54) is 25.2 Å². The minimum Gasteiger partial charge on any atom is -0.489 e. The quantitative estimate of drug-likeness (QED) is 0.373. The second kappa shape index (κ2) is 10.2. The molecule has 0 spiro atoms. The number of halogens is 2. The number of benzene rings is 1. The van der Waals surface area contributed by atoms with Gasteiger partial charge in [-0.3, -0.25) is 19.6 Å². The first-order chi connectivity index (χ1) is 17.0. The number of hydrogen-bond acceptors (Lipinski definition) is 6. The number of nitrogens with one attached hydrogen (secondary N) is 2. The van der Waals surface area contributed by atoms with Crippen molar-refractivity contribution in [2.45, 2.75) is 26.0 Å². The van der Waals surface area contributed by atoms with Crippen LogP contribution in [-0.4, -0.2) is 55.9 Å². The van der Waals surface area contributed by atoms with Gasteiger partial charge in [-0.15, -0.1) is 0 Å². The highest BCUT2D eigenvalue weighted by Crippen LogP contribution is 2.27. The molecule has 1 unspecified atom stereocenters. The second-order valence-corrected chi connectivity index (χ2v) is 9.64. The number of nitrogens with zero attached hydrogens (tertiary/aromatic N) is 5. The molecular weight excluding hydrogens is 489 g/mol. The highest BCUT2D eigenvalue weighted by molar-refractivity contribution is 6.35. The van der Waals surface area contributed by atoms with Crippen LogP contribution in [0.15, 0.2) is 43.0 Å². The van der Waals surface area contributed by atoms with E-state index in [4.69, 9.17) is 27.9 Å². The number of ether oxygens (including phenoxy) is 1. The summed E-state index contributed by atoms with van der Waals surface area (Å²) in [5.74, 6) is 0.788. The van der Waals surface area contributed by atoms with E-state index in [1.807, 2.05) is 16.9 Å². The summed E-state index contributed by atoms with van der Waals surface area (Å²) in [5.41, 5.74) is 2.27. The van der Waals surface area contributed by atoms with Gasteiger partial charge in [-0.25, -0.2) is 0 Å². The Balaban J connectivity index is 1.26. The Kier molecular flexibility index (Phi) is 6.90. The number of carbonyl (C=O) groups excluding carboxylic acids is 1. The standard InChI is InChI=1S/C24H25Cl2N7O2/c1-32-6-2-3-15(11-32)12-33-13-16(8-28-33)29-24(34)23-18-7-17(4-5-22(18)30-31-23)35-14-19-20(25)9-27-10-21(19)26/h4-5,7-10,13,15H,2-3,6,11-12,14H2,1H3,(H,29,34)(H,30,31). The fourth-order valence-electron chi connectivity index (χ4n) is 4.39. The molecular formula is C24H25Cl2N7O2. The Hall–Kier alpha value is -3.14. The van der Waals surface area contributed by atoms with E-state index in [1.54, 1.807) is 18.3 Å². The van der Waals surface area contributed by atoms with Crippen LogP contribution >= 0.6 is 23.2 Å². The van der Waals surface area contributed by atoms with E-state index in [-0.39, 0.29) is 18.2 Å². The highest BCUT2D eigenvalue weighted by Gasteiger charge is 2.19. The maximum absolute atomic E-state index is 13.0. The van der Waals surface area contributed by atoms with Crippen LogP contribution in [0, 0.1) is 5.92 Å². The molecule has 1 aromatic carbocycles. The number of aromatic nitrogens is 5. The van der Waals surface area contributed by atoms with E-state index in [0.29, 0.717) is 38.3 Å². The molecule has 0 radical (unpaired) electrons. The monoisotopic (exact) mass is 513 g/mol. The number of anilines is 1. The number of rotatable bonds is 7. The van der Waals surface area contributed by atoms with Gasteiger partial charge >= 0.3 is 0 Å². The van der Waals surface area contributed by atoms with E-state index in [0.717, 1.165) is 25.2 Å². The molecule has 11 heteroatoms. The zero-order chi connectivity index (χ0) is 24.4. The summed E-state index contributed by atoms with van der Waals surface area (Å²) in [6, 6.07) is 5.36. The van der Waals surface area contributed by atoms with Crippen molar-refractivity contribution in [2.75, 3.05) is 25.5 Å². The third-order valence-electron chi connectivity index (χ3n) is 6.14. The minimum absolute atomic E-state index is 0.168. The van der Waals surface area contributed by atoms with Crippen LogP contribution in [0.25, 0.3) is 10.9 Å². The van der Waals surface area contributed by atoms with Gasteiger partial charge in [-0.1, -0.05) is 23.2 Å². The molecule has 4 aromatic rings. The first kappa shape index (κ1) is 23.6. The number of piperidine rings is 1. The SMILES string of the molecule is CN1CCCC(Cn2cc(NC(=O)c3n[nH]c4ccc(OCc5c(Cl)cncc5Cl)cc34)cn2)C1. The van der Waals surface area contributed by atoms with Gasteiger partial charge in [0.05, 0.1) is 27.4 Å². The van der Waals surface area contributed by atoms with Gasteiger partial charge in [0.15, 0.2) is 5.69 Å². The fraction of sp³-hybridized carbons (Fsp3) is 0.333. The summed E-state index contributed by atoms with van der Waals surface area (Å²) in [6.07, 6.45) is 8.95. The molecule has 5 rings (SSSR count). The molecule has 0 aliphatic carbocycles. The molecule has 9 nitrogen and oxygen atoms in total. The van der Waals surface area contributed by atoms with Gasteiger partial charge in [0.1, 0.15) is 12.4 Å². The van der Waals surface area contributed by atoms with Crippen molar-refractivity contribution in [3.63, 3.8) is 0 Å². The zero-order valence-corrected chi connectivity index (χ0v) is 20.7. The molecule has 1 amide bonds. The third kappa shape index (κ3) is 5.42. The van der Waals surface area contributed by atoms with E-state index in [9.17, 15) is 4.79 Å². The normalized spacial score (nSPS) is 16.5. The van der Waals surface area contributed by atoms with Crippen molar-refractivity contribution < 1.29 is 9.53 Å². The highest BCUT2D eigenvalue weighted by atomic mass is 35.5. The Morgan fingerprint density at radius 3 is 2.89 bits per heavy atom. The maximum Gasteiger partial charge on any atom is 0.276 e. The number of H-pyrrole nitrogens is 1. The number of pyridine rings is 1. The summed E-state index contributed by atoms with van der Waals surface area (Å²) in [6.45, 7) is 3.20. The van der Waals surface area contributed by atoms with Crippen molar-refractivity contribution >= 4 is 45.7 Å². The van der Waals surface area contributed by atoms with Crippen LogP contribution in [0.3, 0.4) is 0 Å². The van der Waals surface area contributed by atoms with Crippen LogP contribution in [0.5, 0.6) is 5.75 Å². The Morgan fingerprint density at radius 2 is 2.09 bits per heavy atom. The largest absolute Gasteiger partial charge is 0.489 e. The molecule has 1 aliphatic heterocycles. The third-order valence-corrected chi connectivity index (χ3v) is 6.79. The molecule has 1 atom stereocenters. The molecule has 35 heavy (non-hydrogen) atoms. The number of carbonyl (C=O) groups is 1. The van der Waals surface area contributed by atoms with Gasteiger partial charge in [-0.05, 0) is 50.6 Å². The molecule has 2 N–H and O–H groups in total. The number of likely N-dealkylation sites (tertiary alicyclic amines) is 1. The number of amides is 1. The van der Waals surface area contributed by atoms with Crippen LogP contribution in [0.2, 0.25) is 10.0 Å². The van der Waals surface area contributed by atoms with Crippen molar-refractivity contribution in [1.82, 2.24) is 29.9 Å². The number of hydrogen-bond donors (Lipinski definition) is 2. The Bertz CT molecular complexity index is 1330. The second-order valence-electron chi connectivity index (χ2n) is 8.83. The van der Waals surface area contributed by atoms with Gasteiger partial charge in [0.2, 0.25) is 0 Å². The van der Waals surface area contributed by atoms with Crippen molar-refractivity contribution in [1.29, 1.82) is 0 Å².